The molecule has 0 amide bonds. The zero-order chi connectivity index (χ0) is 16.3. The predicted molar refractivity (Wildman–Crippen MR) is 105 cm³/mol. The van der Waals surface area contributed by atoms with E-state index in [0.29, 0.717) is 0 Å². The molecular formula is C19H22Cl2FNS. The van der Waals surface area contributed by atoms with Crippen LogP contribution in [-0.2, 0) is 10.5 Å². The van der Waals surface area contributed by atoms with Crippen LogP contribution in [0.5, 0.6) is 0 Å². The average Bonchev–Trinajstić information content (AvgIpc) is 2.57. The van der Waals surface area contributed by atoms with E-state index >= 15 is 0 Å². The van der Waals surface area contributed by atoms with Gasteiger partial charge in [0.2, 0.25) is 0 Å². The van der Waals surface area contributed by atoms with Gasteiger partial charge < -0.3 is 4.90 Å². The molecule has 1 saturated heterocycles. The van der Waals surface area contributed by atoms with Crippen molar-refractivity contribution in [1.82, 2.24) is 4.90 Å². The van der Waals surface area contributed by atoms with Gasteiger partial charge in [0.25, 0.3) is 0 Å². The SMILES string of the molecule is CN1CCC(SCc2ccccc2Cl)(c2ccccc2F)CC1.Cl. The minimum atomic E-state index is -0.170. The largest absolute Gasteiger partial charge is 0.306 e. The molecule has 1 nitrogen and oxygen atoms in total. The van der Waals surface area contributed by atoms with Crippen LogP contribution in [0, 0.1) is 5.82 Å². The lowest BCUT2D eigenvalue weighted by Crippen LogP contribution is -2.39. The van der Waals surface area contributed by atoms with Crippen molar-refractivity contribution in [1.29, 1.82) is 0 Å². The van der Waals surface area contributed by atoms with Crippen molar-refractivity contribution in [3.8, 4) is 0 Å². The van der Waals surface area contributed by atoms with Gasteiger partial charge in [-0.15, -0.1) is 24.2 Å². The summed E-state index contributed by atoms with van der Waals surface area (Å²) in [6.45, 7) is 1.98. The van der Waals surface area contributed by atoms with E-state index in [1.165, 1.54) is 0 Å². The highest BCUT2D eigenvalue weighted by atomic mass is 35.5. The highest BCUT2D eigenvalue weighted by Crippen LogP contribution is 2.47. The molecule has 2 aromatic rings. The maximum atomic E-state index is 14.5. The molecule has 0 bridgehead atoms. The molecule has 0 radical (unpaired) electrons. The third-order valence-corrected chi connectivity index (χ3v) is 6.63. The van der Waals surface area contributed by atoms with Crippen molar-refractivity contribution in [2.45, 2.75) is 23.3 Å². The number of halogens is 3. The van der Waals surface area contributed by atoms with Gasteiger partial charge in [0.1, 0.15) is 5.82 Å². The van der Waals surface area contributed by atoms with E-state index < -0.39 is 0 Å². The molecule has 0 atom stereocenters. The summed E-state index contributed by atoms with van der Waals surface area (Å²) in [7, 11) is 2.13. The first kappa shape index (κ1) is 19.6. The van der Waals surface area contributed by atoms with Crippen LogP contribution in [-0.4, -0.2) is 25.0 Å². The molecule has 5 heteroatoms. The summed E-state index contributed by atoms with van der Waals surface area (Å²) in [4.78, 5) is 2.31. The van der Waals surface area contributed by atoms with Gasteiger partial charge in [0.15, 0.2) is 0 Å². The predicted octanol–water partition coefficient (Wildman–Crippen LogP) is 5.76. The van der Waals surface area contributed by atoms with Crippen molar-refractivity contribution >= 4 is 35.8 Å². The molecule has 0 aromatic heterocycles. The number of likely N-dealkylation sites (tertiary alicyclic amines) is 1. The minimum absolute atomic E-state index is 0. The van der Waals surface area contributed by atoms with Gasteiger partial charge in [-0.05, 0) is 50.7 Å². The second kappa shape index (κ2) is 8.57. The molecular weight excluding hydrogens is 364 g/mol. The molecule has 2 aromatic carbocycles. The van der Waals surface area contributed by atoms with Gasteiger partial charge in [-0.3, -0.25) is 0 Å². The first-order valence-corrected chi connectivity index (χ1v) is 9.28. The highest BCUT2D eigenvalue weighted by molar-refractivity contribution is 7.99. The van der Waals surface area contributed by atoms with E-state index in [1.807, 2.05) is 42.1 Å². The molecule has 0 spiro atoms. The van der Waals surface area contributed by atoms with Gasteiger partial charge >= 0.3 is 0 Å². The molecule has 1 heterocycles. The number of piperidine rings is 1. The summed E-state index contributed by atoms with van der Waals surface area (Å²) >= 11 is 8.12. The molecule has 0 saturated carbocycles. The van der Waals surface area contributed by atoms with E-state index in [1.54, 1.807) is 12.1 Å². The monoisotopic (exact) mass is 385 g/mol. The van der Waals surface area contributed by atoms with E-state index in [9.17, 15) is 4.39 Å². The Kier molecular flexibility index (Phi) is 6.99. The summed E-state index contributed by atoms with van der Waals surface area (Å²) in [6, 6.07) is 15.1. The van der Waals surface area contributed by atoms with Crippen LogP contribution < -0.4 is 0 Å². The van der Waals surface area contributed by atoms with Crippen molar-refractivity contribution in [2.24, 2.45) is 0 Å². The zero-order valence-electron chi connectivity index (χ0n) is 13.7. The Labute approximate surface area is 159 Å². The van der Waals surface area contributed by atoms with E-state index in [2.05, 4.69) is 18.0 Å². The fraction of sp³-hybridized carbons (Fsp3) is 0.368. The van der Waals surface area contributed by atoms with Crippen LogP contribution in [0.3, 0.4) is 0 Å². The molecule has 0 N–H and O–H groups in total. The normalized spacial score (nSPS) is 17.3. The quantitative estimate of drug-likeness (QED) is 0.658. The number of benzene rings is 2. The summed E-state index contributed by atoms with van der Waals surface area (Å²) < 4.78 is 14.3. The molecule has 1 aliphatic heterocycles. The number of nitrogens with zero attached hydrogens (tertiary/aromatic N) is 1. The first-order chi connectivity index (χ1) is 11.1. The summed E-state index contributed by atoms with van der Waals surface area (Å²) in [5, 5.41) is 0.789. The Balaban J connectivity index is 0.00000208. The minimum Gasteiger partial charge on any atom is -0.306 e. The van der Waals surface area contributed by atoms with Crippen LogP contribution >= 0.6 is 35.8 Å². The van der Waals surface area contributed by atoms with Gasteiger partial charge in [-0.1, -0.05) is 48.0 Å². The lowest BCUT2D eigenvalue weighted by Gasteiger charge is -2.41. The zero-order valence-corrected chi connectivity index (χ0v) is 16.1. The van der Waals surface area contributed by atoms with Gasteiger partial charge in [0, 0.05) is 21.1 Å². The summed E-state index contributed by atoms with van der Waals surface area (Å²) in [6.07, 6.45) is 1.92. The van der Waals surface area contributed by atoms with E-state index in [4.69, 9.17) is 11.6 Å². The maximum Gasteiger partial charge on any atom is 0.127 e. The molecule has 1 fully saturated rings. The van der Waals surface area contributed by atoms with Crippen LogP contribution in [0.1, 0.15) is 24.0 Å². The number of hydrogen-bond acceptors (Lipinski definition) is 2. The number of thioether (sulfide) groups is 1. The number of rotatable bonds is 4. The lowest BCUT2D eigenvalue weighted by molar-refractivity contribution is 0.237. The standard InChI is InChI=1S/C19H21ClFNS.ClH/c1-22-12-10-19(11-13-22,16-7-3-5-9-18(16)21)23-14-15-6-2-4-8-17(15)20;/h2-9H,10-14H2,1H3;1H. The highest BCUT2D eigenvalue weighted by Gasteiger charge is 2.37. The van der Waals surface area contributed by atoms with Gasteiger partial charge in [-0.2, -0.15) is 0 Å². The maximum absolute atomic E-state index is 14.5. The fourth-order valence-corrected chi connectivity index (χ4v) is 4.89. The summed E-state index contributed by atoms with van der Waals surface area (Å²) in [5.74, 6) is 0.710. The Morgan fingerprint density at radius 2 is 1.71 bits per heavy atom. The van der Waals surface area contributed by atoms with E-state index in [-0.39, 0.29) is 23.0 Å². The van der Waals surface area contributed by atoms with Gasteiger partial charge in [0.05, 0.1) is 0 Å². The van der Waals surface area contributed by atoms with Gasteiger partial charge in [-0.25, -0.2) is 4.39 Å². The Morgan fingerprint density at radius 1 is 1.08 bits per heavy atom. The second-order valence-electron chi connectivity index (χ2n) is 6.16. The molecule has 1 aliphatic rings. The van der Waals surface area contributed by atoms with Crippen LogP contribution in [0.15, 0.2) is 48.5 Å². The van der Waals surface area contributed by atoms with Crippen molar-refractivity contribution in [3.05, 3.63) is 70.5 Å². The Hall–Kier alpha value is -0.740. The second-order valence-corrected chi connectivity index (χ2v) is 7.92. The lowest BCUT2D eigenvalue weighted by atomic mass is 9.88. The summed E-state index contributed by atoms with van der Waals surface area (Å²) in [5.41, 5.74) is 1.96. The topological polar surface area (TPSA) is 3.24 Å². The average molecular weight is 386 g/mol. The third kappa shape index (κ3) is 4.26. The first-order valence-electron chi connectivity index (χ1n) is 7.92. The van der Waals surface area contributed by atoms with Crippen LogP contribution in [0.4, 0.5) is 4.39 Å². The Bertz CT molecular complexity index is 672. The van der Waals surface area contributed by atoms with E-state index in [0.717, 1.165) is 47.8 Å². The Morgan fingerprint density at radius 3 is 2.38 bits per heavy atom. The molecule has 130 valence electrons. The molecule has 3 rings (SSSR count). The van der Waals surface area contributed by atoms with Crippen molar-refractivity contribution in [2.75, 3.05) is 20.1 Å². The molecule has 0 unspecified atom stereocenters. The van der Waals surface area contributed by atoms with Crippen molar-refractivity contribution < 1.29 is 4.39 Å². The van der Waals surface area contributed by atoms with Crippen LogP contribution in [0.2, 0.25) is 5.02 Å². The molecule has 24 heavy (non-hydrogen) atoms. The van der Waals surface area contributed by atoms with Crippen molar-refractivity contribution in [3.63, 3.8) is 0 Å². The number of hydrogen-bond donors (Lipinski definition) is 0. The third-order valence-electron chi connectivity index (χ3n) is 4.62. The smallest absolute Gasteiger partial charge is 0.127 e. The fourth-order valence-electron chi connectivity index (χ4n) is 3.13. The molecule has 0 aliphatic carbocycles. The van der Waals surface area contributed by atoms with Crippen LogP contribution in [0.25, 0.3) is 0 Å².